The molecular formula is C15H17NS. The molecule has 0 atom stereocenters. The van der Waals surface area contributed by atoms with Crippen LogP contribution in [0.5, 0.6) is 0 Å². The van der Waals surface area contributed by atoms with Gasteiger partial charge in [0.05, 0.1) is 0 Å². The predicted octanol–water partition coefficient (Wildman–Crippen LogP) is 4.61. The zero-order valence-electron chi connectivity index (χ0n) is 10.2. The van der Waals surface area contributed by atoms with Crippen molar-refractivity contribution in [2.24, 2.45) is 0 Å². The Kier molecular flexibility index (Phi) is 4.10. The molecule has 0 aliphatic carbocycles. The Morgan fingerprint density at radius 3 is 1.88 bits per heavy atom. The molecule has 0 aliphatic rings. The second-order valence-electron chi connectivity index (χ2n) is 4.16. The van der Waals surface area contributed by atoms with Crippen molar-refractivity contribution in [3.8, 4) is 0 Å². The fourth-order valence-corrected chi connectivity index (χ4v) is 2.57. The van der Waals surface area contributed by atoms with Crippen LogP contribution in [0.2, 0.25) is 0 Å². The largest absolute Gasteiger partial charge is 0.310 e. The van der Waals surface area contributed by atoms with E-state index in [-0.39, 0.29) is 0 Å². The molecule has 0 amide bonds. The molecule has 0 spiro atoms. The molecule has 88 valence electrons. The van der Waals surface area contributed by atoms with Crippen molar-refractivity contribution in [3.05, 3.63) is 60.7 Å². The Hall–Kier alpha value is -1.41. The molecule has 17 heavy (non-hydrogen) atoms. The van der Waals surface area contributed by atoms with Gasteiger partial charge in [-0.1, -0.05) is 36.4 Å². The van der Waals surface area contributed by atoms with E-state index in [1.165, 1.54) is 10.6 Å². The lowest BCUT2D eigenvalue weighted by Crippen LogP contribution is -2.22. The van der Waals surface area contributed by atoms with Gasteiger partial charge in [0.2, 0.25) is 0 Å². The summed E-state index contributed by atoms with van der Waals surface area (Å²) in [6.07, 6.45) is 0. The Labute approximate surface area is 108 Å². The molecular weight excluding hydrogens is 226 g/mol. The van der Waals surface area contributed by atoms with E-state index in [0.29, 0.717) is 6.04 Å². The number of hydrogen-bond acceptors (Lipinski definition) is 2. The second kappa shape index (κ2) is 5.78. The first kappa shape index (κ1) is 12.1. The molecule has 0 fully saturated rings. The lowest BCUT2D eigenvalue weighted by Gasteiger charge is -2.27. The molecule has 2 heteroatoms. The van der Waals surface area contributed by atoms with Crippen LogP contribution in [-0.4, -0.2) is 6.04 Å². The minimum absolute atomic E-state index is 0.461. The van der Waals surface area contributed by atoms with E-state index in [0.717, 1.165) is 0 Å². The van der Waals surface area contributed by atoms with Crippen LogP contribution in [0.15, 0.2) is 65.6 Å². The van der Waals surface area contributed by atoms with Gasteiger partial charge in [-0.15, -0.1) is 0 Å². The van der Waals surface area contributed by atoms with Crippen LogP contribution in [0.4, 0.5) is 5.69 Å². The Morgan fingerprint density at radius 1 is 0.824 bits per heavy atom. The highest BCUT2D eigenvalue weighted by Gasteiger charge is 2.11. The summed E-state index contributed by atoms with van der Waals surface area (Å²) in [5.41, 5.74) is 1.25. The van der Waals surface area contributed by atoms with Crippen LogP contribution in [0.1, 0.15) is 13.8 Å². The minimum atomic E-state index is 0.461. The van der Waals surface area contributed by atoms with E-state index in [1.807, 2.05) is 6.07 Å². The number of anilines is 1. The number of benzene rings is 2. The van der Waals surface area contributed by atoms with E-state index in [4.69, 9.17) is 0 Å². The van der Waals surface area contributed by atoms with Crippen molar-refractivity contribution in [1.29, 1.82) is 0 Å². The summed E-state index contributed by atoms with van der Waals surface area (Å²) in [5, 5.41) is 0. The van der Waals surface area contributed by atoms with Crippen molar-refractivity contribution in [2.45, 2.75) is 24.8 Å². The molecule has 0 aliphatic heterocycles. The van der Waals surface area contributed by atoms with Crippen LogP contribution in [0.25, 0.3) is 0 Å². The van der Waals surface area contributed by atoms with Crippen molar-refractivity contribution in [3.63, 3.8) is 0 Å². The first-order chi connectivity index (χ1) is 8.27. The molecule has 0 bridgehead atoms. The standard InChI is InChI=1S/C15H17NS/c1-13(2)16(14-9-5-3-6-10-14)17-15-11-7-4-8-12-15/h3-13H,1-2H3. The molecule has 1 nitrogen and oxygen atoms in total. The summed E-state index contributed by atoms with van der Waals surface area (Å²) in [6.45, 7) is 4.42. The van der Waals surface area contributed by atoms with Crippen molar-refractivity contribution < 1.29 is 0 Å². The van der Waals surface area contributed by atoms with Crippen LogP contribution >= 0.6 is 11.9 Å². The third-order valence-corrected chi connectivity index (χ3v) is 3.74. The normalized spacial score (nSPS) is 10.5. The maximum absolute atomic E-state index is 2.33. The van der Waals surface area contributed by atoms with Crippen molar-refractivity contribution in [2.75, 3.05) is 4.31 Å². The highest BCUT2D eigenvalue weighted by Crippen LogP contribution is 2.30. The Bertz CT molecular complexity index is 439. The molecule has 0 N–H and O–H groups in total. The third-order valence-electron chi connectivity index (χ3n) is 2.43. The summed E-state index contributed by atoms with van der Waals surface area (Å²) in [4.78, 5) is 1.27. The van der Waals surface area contributed by atoms with Crippen LogP contribution in [0.3, 0.4) is 0 Å². The topological polar surface area (TPSA) is 3.24 Å². The molecule has 0 heterocycles. The zero-order chi connectivity index (χ0) is 12.1. The summed E-state index contributed by atoms with van der Waals surface area (Å²) >= 11 is 1.78. The predicted molar refractivity (Wildman–Crippen MR) is 76.4 cm³/mol. The molecule has 2 rings (SSSR count). The zero-order valence-corrected chi connectivity index (χ0v) is 11.0. The van der Waals surface area contributed by atoms with Gasteiger partial charge in [0, 0.05) is 16.6 Å². The Balaban J connectivity index is 2.20. The summed E-state index contributed by atoms with van der Waals surface area (Å²) in [6, 6.07) is 21.5. The van der Waals surface area contributed by atoms with Gasteiger partial charge < -0.3 is 4.31 Å². The van der Waals surface area contributed by atoms with Gasteiger partial charge in [0.1, 0.15) is 0 Å². The molecule has 2 aromatic rings. The Morgan fingerprint density at radius 2 is 1.35 bits per heavy atom. The van der Waals surface area contributed by atoms with Crippen molar-refractivity contribution in [1.82, 2.24) is 0 Å². The summed E-state index contributed by atoms with van der Waals surface area (Å²) < 4.78 is 2.33. The average molecular weight is 243 g/mol. The fraction of sp³-hybridized carbons (Fsp3) is 0.200. The summed E-state index contributed by atoms with van der Waals surface area (Å²) in [7, 11) is 0. The number of para-hydroxylation sites is 1. The van der Waals surface area contributed by atoms with Gasteiger partial charge in [-0.05, 0) is 50.1 Å². The molecule has 0 radical (unpaired) electrons. The SMILES string of the molecule is CC(C)N(Sc1ccccc1)c1ccccc1. The molecule has 0 saturated carbocycles. The number of nitrogens with zero attached hydrogens (tertiary/aromatic N) is 1. The van der Waals surface area contributed by atoms with E-state index in [9.17, 15) is 0 Å². The molecule has 0 saturated heterocycles. The van der Waals surface area contributed by atoms with E-state index in [1.54, 1.807) is 11.9 Å². The molecule has 0 aromatic heterocycles. The van der Waals surface area contributed by atoms with Gasteiger partial charge in [-0.3, -0.25) is 0 Å². The van der Waals surface area contributed by atoms with Crippen LogP contribution < -0.4 is 4.31 Å². The maximum atomic E-state index is 2.33. The van der Waals surface area contributed by atoms with Gasteiger partial charge in [0.25, 0.3) is 0 Å². The number of rotatable bonds is 4. The van der Waals surface area contributed by atoms with E-state index < -0.39 is 0 Å². The van der Waals surface area contributed by atoms with E-state index >= 15 is 0 Å². The quantitative estimate of drug-likeness (QED) is 0.721. The molecule has 0 unspecified atom stereocenters. The highest BCUT2D eigenvalue weighted by molar-refractivity contribution is 8.00. The number of hydrogen-bond donors (Lipinski definition) is 0. The van der Waals surface area contributed by atoms with Crippen molar-refractivity contribution >= 4 is 17.6 Å². The average Bonchev–Trinajstić information content (AvgIpc) is 2.38. The van der Waals surface area contributed by atoms with Gasteiger partial charge >= 0.3 is 0 Å². The van der Waals surface area contributed by atoms with Gasteiger partial charge in [0.15, 0.2) is 0 Å². The first-order valence-corrected chi connectivity index (χ1v) is 6.62. The van der Waals surface area contributed by atoms with E-state index in [2.05, 4.69) is 72.7 Å². The van der Waals surface area contributed by atoms with Gasteiger partial charge in [-0.25, -0.2) is 0 Å². The monoisotopic (exact) mass is 243 g/mol. The highest BCUT2D eigenvalue weighted by atomic mass is 32.2. The van der Waals surface area contributed by atoms with Crippen LogP contribution in [-0.2, 0) is 0 Å². The lowest BCUT2D eigenvalue weighted by atomic mass is 10.3. The maximum Gasteiger partial charge on any atom is 0.0476 e. The third kappa shape index (κ3) is 3.27. The first-order valence-electron chi connectivity index (χ1n) is 5.84. The lowest BCUT2D eigenvalue weighted by molar-refractivity contribution is 0.836. The van der Waals surface area contributed by atoms with Crippen LogP contribution in [0, 0.1) is 0 Å². The second-order valence-corrected chi connectivity index (χ2v) is 5.21. The summed E-state index contributed by atoms with van der Waals surface area (Å²) in [5.74, 6) is 0. The van der Waals surface area contributed by atoms with Gasteiger partial charge in [-0.2, -0.15) is 0 Å². The molecule has 2 aromatic carbocycles. The minimum Gasteiger partial charge on any atom is -0.310 e. The fourth-order valence-electron chi connectivity index (χ4n) is 1.63. The smallest absolute Gasteiger partial charge is 0.0476 e.